The van der Waals surface area contributed by atoms with Gasteiger partial charge >= 0.3 is 0 Å². The lowest BCUT2D eigenvalue weighted by Crippen LogP contribution is -2.10. The van der Waals surface area contributed by atoms with Crippen molar-refractivity contribution in [2.24, 2.45) is 5.73 Å². The second-order valence-corrected chi connectivity index (χ2v) is 6.70. The predicted molar refractivity (Wildman–Crippen MR) is 110 cm³/mol. The standard InChI is InChI=1S/C24H20N2O/c1-16(21-8-4-6-18-5-2-3-7-22(18)21)23-15-20(13-14-26-23)17-9-11-19(12-10-17)24(25)27/h2-16H,1H3,(H2,25,27)/t16-/m0/s1. The van der Waals surface area contributed by atoms with Gasteiger partial charge in [0.15, 0.2) is 0 Å². The highest BCUT2D eigenvalue weighted by Crippen LogP contribution is 2.31. The number of nitrogens with two attached hydrogens (primary N) is 1. The van der Waals surface area contributed by atoms with Crippen molar-refractivity contribution in [3.05, 3.63) is 102 Å². The van der Waals surface area contributed by atoms with Gasteiger partial charge < -0.3 is 5.73 Å². The largest absolute Gasteiger partial charge is 0.366 e. The van der Waals surface area contributed by atoms with E-state index in [0.29, 0.717) is 5.56 Å². The smallest absolute Gasteiger partial charge is 0.248 e. The summed E-state index contributed by atoms with van der Waals surface area (Å²) in [5, 5.41) is 2.49. The Morgan fingerprint density at radius 1 is 0.889 bits per heavy atom. The lowest BCUT2D eigenvalue weighted by molar-refractivity contribution is 0.100. The molecule has 2 N–H and O–H groups in total. The van der Waals surface area contributed by atoms with Crippen LogP contribution in [0.3, 0.4) is 0 Å². The van der Waals surface area contributed by atoms with Crippen LogP contribution in [0.5, 0.6) is 0 Å². The van der Waals surface area contributed by atoms with Crippen molar-refractivity contribution in [1.82, 2.24) is 4.98 Å². The summed E-state index contributed by atoms with van der Waals surface area (Å²) in [5.74, 6) is -0.248. The minimum Gasteiger partial charge on any atom is -0.366 e. The van der Waals surface area contributed by atoms with E-state index in [1.54, 1.807) is 12.1 Å². The Balaban J connectivity index is 1.72. The topological polar surface area (TPSA) is 56.0 Å². The number of benzene rings is 3. The van der Waals surface area contributed by atoms with E-state index in [0.717, 1.165) is 16.8 Å². The zero-order chi connectivity index (χ0) is 18.8. The third-order valence-electron chi connectivity index (χ3n) is 5.02. The molecular formula is C24H20N2O. The molecule has 0 spiro atoms. The fourth-order valence-electron chi connectivity index (χ4n) is 3.48. The number of pyridine rings is 1. The molecule has 0 saturated heterocycles. The Labute approximate surface area is 158 Å². The fraction of sp³-hybridized carbons (Fsp3) is 0.0833. The van der Waals surface area contributed by atoms with Crippen molar-refractivity contribution in [3.8, 4) is 11.1 Å². The van der Waals surface area contributed by atoms with Crippen LogP contribution in [0.15, 0.2) is 85.1 Å². The van der Waals surface area contributed by atoms with E-state index >= 15 is 0 Å². The number of rotatable bonds is 4. The number of hydrogen-bond donors (Lipinski definition) is 1. The quantitative estimate of drug-likeness (QED) is 0.552. The van der Waals surface area contributed by atoms with Gasteiger partial charge in [0.05, 0.1) is 0 Å². The number of carbonyl (C=O) groups is 1. The van der Waals surface area contributed by atoms with E-state index in [-0.39, 0.29) is 5.92 Å². The van der Waals surface area contributed by atoms with E-state index in [4.69, 9.17) is 5.73 Å². The van der Waals surface area contributed by atoms with Gasteiger partial charge in [-0.2, -0.15) is 0 Å². The number of aromatic nitrogens is 1. The highest BCUT2D eigenvalue weighted by Gasteiger charge is 2.14. The molecule has 0 bridgehead atoms. The molecule has 1 aromatic heterocycles. The van der Waals surface area contributed by atoms with Gasteiger partial charge in [0.1, 0.15) is 0 Å². The van der Waals surface area contributed by atoms with E-state index < -0.39 is 5.91 Å². The van der Waals surface area contributed by atoms with Gasteiger partial charge in [0.25, 0.3) is 0 Å². The Bertz CT molecular complexity index is 1110. The van der Waals surface area contributed by atoms with Crippen molar-refractivity contribution < 1.29 is 4.79 Å². The van der Waals surface area contributed by atoms with Crippen LogP contribution in [0.25, 0.3) is 21.9 Å². The highest BCUT2D eigenvalue weighted by atomic mass is 16.1. The summed E-state index contributed by atoms with van der Waals surface area (Å²) in [4.78, 5) is 15.9. The predicted octanol–water partition coefficient (Wildman–Crippen LogP) is 5.15. The minimum absolute atomic E-state index is 0.168. The maximum Gasteiger partial charge on any atom is 0.248 e. The van der Waals surface area contributed by atoms with Gasteiger partial charge in [0, 0.05) is 23.4 Å². The van der Waals surface area contributed by atoms with Gasteiger partial charge in [-0.3, -0.25) is 9.78 Å². The number of amides is 1. The first-order chi connectivity index (χ1) is 13.1. The molecule has 0 aliphatic heterocycles. The monoisotopic (exact) mass is 352 g/mol. The molecular weight excluding hydrogens is 332 g/mol. The van der Waals surface area contributed by atoms with Crippen LogP contribution in [0, 0.1) is 0 Å². The molecule has 1 heterocycles. The Morgan fingerprint density at radius 2 is 1.63 bits per heavy atom. The summed E-state index contributed by atoms with van der Waals surface area (Å²) >= 11 is 0. The molecule has 0 saturated carbocycles. The van der Waals surface area contributed by atoms with Crippen LogP contribution in [-0.4, -0.2) is 10.9 Å². The summed E-state index contributed by atoms with van der Waals surface area (Å²) in [6.07, 6.45) is 1.84. The van der Waals surface area contributed by atoms with Gasteiger partial charge in [-0.05, 0) is 51.7 Å². The van der Waals surface area contributed by atoms with Crippen LogP contribution < -0.4 is 5.73 Å². The lowest BCUT2D eigenvalue weighted by atomic mass is 9.91. The zero-order valence-corrected chi connectivity index (χ0v) is 15.1. The lowest BCUT2D eigenvalue weighted by Gasteiger charge is -2.15. The highest BCUT2D eigenvalue weighted by molar-refractivity contribution is 5.93. The van der Waals surface area contributed by atoms with Crippen LogP contribution in [0.1, 0.15) is 34.5 Å². The van der Waals surface area contributed by atoms with Gasteiger partial charge in [-0.25, -0.2) is 0 Å². The number of hydrogen-bond acceptors (Lipinski definition) is 2. The Hall–Kier alpha value is -3.46. The third-order valence-corrected chi connectivity index (χ3v) is 5.02. The molecule has 4 rings (SSSR count). The molecule has 0 fully saturated rings. The first kappa shape index (κ1) is 17.0. The van der Waals surface area contributed by atoms with Crippen molar-refractivity contribution in [2.45, 2.75) is 12.8 Å². The van der Waals surface area contributed by atoms with Gasteiger partial charge in [-0.1, -0.05) is 61.5 Å². The second-order valence-electron chi connectivity index (χ2n) is 6.70. The maximum atomic E-state index is 11.3. The molecule has 3 nitrogen and oxygen atoms in total. The zero-order valence-electron chi connectivity index (χ0n) is 15.1. The normalized spacial score (nSPS) is 12.0. The molecule has 27 heavy (non-hydrogen) atoms. The molecule has 4 aromatic rings. The SMILES string of the molecule is C[C@H](c1cc(-c2ccc(C(N)=O)cc2)ccn1)c1cccc2ccccc12. The second kappa shape index (κ2) is 7.04. The molecule has 0 aliphatic rings. The summed E-state index contributed by atoms with van der Waals surface area (Å²) in [6, 6.07) is 26.3. The number of carbonyl (C=O) groups excluding carboxylic acids is 1. The summed E-state index contributed by atoms with van der Waals surface area (Å²) in [5.41, 5.74) is 10.2. The minimum atomic E-state index is -0.415. The van der Waals surface area contributed by atoms with Crippen molar-refractivity contribution >= 4 is 16.7 Å². The molecule has 132 valence electrons. The first-order valence-electron chi connectivity index (χ1n) is 8.97. The van der Waals surface area contributed by atoms with Gasteiger partial charge in [-0.15, -0.1) is 0 Å². The van der Waals surface area contributed by atoms with Crippen LogP contribution in [0.4, 0.5) is 0 Å². The Kier molecular flexibility index (Phi) is 4.43. The maximum absolute atomic E-state index is 11.3. The Morgan fingerprint density at radius 3 is 2.41 bits per heavy atom. The van der Waals surface area contributed by atoms with E-state index in [1.807, 2.05) is 24.4 Å². The van der Waals surface area contributed by atoms with Crippen molar-refractivity contribution in [2.75, 3.05) is 0 Å². The average molecular weight is 352 g/mol. The van der Waals surface area contributed by atoms with Crippen molar-refractivity contribution in [1.29, 1.82) is 0 Å². The summed E-state index contributed by atoms with van der Waals surface area (Å²) in [6.45, 7) is 2.18. The fourth-order valence-corrected chi connectivity index (χ4v) is 3.48. The van der Waals surface area contributed by atoms with E-state index in [2.05, 4.69) is 60.4 Å². The molecule has 3 heteroatoms. The number of nitrogens with zero attached hydrogens (tertiary/aromatic N) is 1. The summed E-state index contributed by atoms with van der Waals surface area (Å²) in [7, 11) is 0. The van der Waals surface area contributed by atoms with E-state index in [9.17, 15) is 4.79 Å². The molecule has 0 radical (unpaired) electrons. The summed E-state index contributed by atoms with van der Waals surface area (Å²) < 4.78 is 0. The first-order valence-corrected chi connectivity index (χ1v) is 8.97. The van der Waals surface area contributed by atoms with Crippen molar-refractivity contribution in [3.63, 3.8) is 0 Å². The van der Waals surface area contributed by atoms with E-state index in [1.165, 1.54) is 16.3 Å². The molecule has 3 aromatic carbocycles. The number of fused-ring (bicyclic) bond motifs is 1. The van der Waals surface area contributed by atoms with Crippen LogP contribution in [0.2, 0.25) is 0 Å². The third kappa shape index (κ3) is 3.32. The average Bonchev–Trinajstić information content (AvgIpc) is 2.73. The van der Waals surface area contributed by atoms with Crippen LogP contribution >= 0.6 is 0 Å². The van der Waals surface area contributed by atoms with Gasteiger partial charge in [0.2, 0.25) is 5.91 Å². The molecule has 0 aliphatic carbocycles. The number of primary amides is 1. The molecule has 1 atom stereocenters. The molecule has 0 unspecified atom stereocenters. The van der Waals surface area contributed by atoms with Crippen LogP contribution in [-0.2, 0) is 0 Å². The molecule has 1 amide bonds.